The monoisotopic (exact) mass is 356 g/mol. The van der Waals surface area contributed by atoms with Gasteiger partial charge in [-0.15, -0.1) is 11.8 Å². The van der Waals surface area contributed by atoms with E-state index in [1.165, 1.54) is 17.3 Å². The van der Waals surface area contributed by atoms with Gasteiger partial charge in [-0.3, -0.25) is 9.69 Å². The van der Waals surface area contributed by atoms with Crippen LogP contribution in [0, 0.1) is 0 Å². The minimum absolute atomic E-state index is 0.0368. The van der Waals surface area contributed by atoms with Crippen molar-refractivity contribution in [3.05, 3.63) is 60.2 Å². The number of amides is 1. The molecule has 0 radical (unpaired) electrons. The molecule has 4 nitrogen and oxygen atoms in total. The number of carbonyl (C=O) groups is 1. The Hall–Kier alpha value is -1.98. The van der Waals surface area contributed by atoms with E-state index in [4.69, 9.17) is 0 Å². The Labute approximate surface area is 153 Å². The largest absolute Gasteiger partial charge is 0.507 e. The van der Waals surface area contributed by atoms with Crippen LogP contribution in [0.4, 0.5) is 0 Å². The predicted molar refractivity (Wildman–Crippen MR) is 102 cm³/mol. The van der Waals surface area contributed by atoms with E-state index in [1.54, 1.807) is 12.1 Å². The first kappa shape index (κ1) is 17.8. The number of benzene rings is 2. The predicted octanol–water partition coefficient (Wildman–Crippen LogP) is 3.27. The van der Waals surface area contributed by atoms with Crippen molar-refractivity contribution < 1.29 is 9.90 Å². The van der Waals surface area contributed by atoms with Crippen LogP contribution in [0.3, 0.4) is 0 Å². The summed E-state index contributed by atoms with van der Waals surface area (Å²) < 4.78 is 0. The van der Waals surface area contributed by atoms with Gasteiger partial charge in [0.1, 0.15) is 5.75 Å². The molecule has 0 unspecified atom stereocenters. The standard InChI is InChI=1S/C20H24N2O2S/c23-18-8-4-5-9-19(18)25-15-20(24)21-17-10-12-22(13-11-17)14-16-6-2-1-3-7-16/h1-9,17,23H,10-15H2,(H,21,24). The first-order valence-corrected chi connectivity index (χ1v) is 9.66. The zero-order valence-electron chi connectivity index (χ0n) is 14.2. The van der Waals surface area contributed by atoms with Crippen LogP contribution in [-0.4, -0.2) is 40.8 Å². The molecule has 3 rings (SSSR count). The molecule has 1 saturated heterocycles. The van der Waals surface area contributed by atoms with Crippen molar-refractivity contribution in [1.29, 1.82) is 0 Å². The lowest BCUT2D eigenvalue weighted by atomic mass is 10.0. The third-order valence-corrected chi connectivity index (χ3v) is 5.49. The third-order valence-electron chi connectivity index (χ3n) is 4.43. The summed E-state index contributed by atoms with van der Waals surface area (Å²) in [5.74, 6) is 0.603. The van der Waals surface area contributed by atoms with Gasteiger partial charge in [0.05, 0.1) is 5.75 Å². The summed E-state index contributed by atoms with van der Waals surface area (Å²) >= 11 is 1.37. The molecule has 5 heteroatoms. The van der Waals surface area contributed by atoms with Crippen LogP contribution in [0.5, 0.6) is 5.75 Å². The molecule has 25 heavy (non-hydrogen) atoms. The highest BCUT2D eigenvalue weighted by Crippen LogP contribution is 2.27. The van der Waals surface area contributed by atoms with Gasteiger partial charge in [-0.1, -0.05) is 42.5 Å². The number of para-hydroxylation sites is 1. The van der Waals surface area contributed by atoms with E-state index in [-0.39, 0.29) is 17.7 Å². The lowest BCUT2D eigenvalue weighted by molar-refractivity contribution is -0.119. The van der Waals surface area contributed by atoms with Crippen LogP contribution >= 0.6 is 11.8 Å². The SMILES string of the molecule is O=C(CSc1ccccc1O)NC1CCN(Cc2ccccc2)CC1. The van der Waals surface area contributed by atoms with Crippen molar-refractivity contribution in [3.8, 4) is 5.75 Å². The molecule has 0 aromatic heterocycles. The van der Waals surface area contributed by atoms with E-state index in [1.807, 2.05) is 18.2 Å². The fourth-order valence-electron chi connectivity index (χ4n) is 3.07. The molecule has 2 aromatic carbocycles. The molecular formula is C20H24N2O2S. The van der Waals surface area contributed by atoms with Gasteiger partial charge in [-0.25, -0.2) is 0 Å². The number of phenolic OH excluding ortho intramolecular Hbond substituents is 1. The quantitative estimate of drug-likeness (QED) is 0.780. The van der Waals surface area contributed by atoms with Gasteiger partial charge in [0.25, 0.3) is 0 Å². The molecule has 132 valence electrons. The van der Waals surface area contributed by atoms with Crippen molar-refractivity contribution in [2.24, 2.45) is 0 Å². The summed E-state index contributed by atoms with van der Waals surface area (Å²) in [7, 11) is 0. The van der Waals surface area contributed by atoms with E-state index in [2.05, 4.69) is 34.5 Å². The zero-order chi connectivity index (χ0) is 17.5. The molecular weight excluding hydrogens is 332 g/mol. The van der Waals surface area contributed by atoms with Crippen molar-refractivity contribution in [3.63, 3.8) is 0 Å². The summed E-state index contributed by atoms with van der Waals surface area (Å²) in [6.45, 7) is 2.99. The molecule has 0 saturated carbocycles. The first-order valence-electron chi connectivity index (χ1n) is 8.67. The molecule has 1 heterocycles. The molecule has 0 atom stereocenters. The van der Waals surface area contributed by atoms with Crippen LogP contribution in [-0.2, 0) is 11.3 Å². The number of hydrogen-bond donors (Lipinski definition) is 2. The Bertz CT molecular complexity index is 685. The average Bonchev–Trinajstić information content (AvgIpc) is 2.64. The lowest BCUT2D eigenvalue weighted by Gasteiger charge is -2.32. The topological polar surface area (TPSA) is 52.6 Å². The van der Waals surface area contributed by atoms with Gasteiger partial charge < -0.3 is 10.4 Å². The number of thioether (sulfide) groups is 1. The summed E-state index contributed by atoms with van der Waals surface area (Å²) in [5.41, 5.74) is 1.34. The van der Waals surface area contributed by atoms with Gasteiger partial charge in [-0.05, 0) is 30.5 Å². The molecule has 0 bridgehead atoms. The maximum atomic E-state index is 12.1. The minimum atomic E-state index is 0.0368. The van der Waals surface area contributed by atoms with Gasteiger partial charge in [-0.2, -0.15) is 0 Å². The van der Waals surface area contributed by atoms with Gasteiger partial charge in [0.15, 0.2) is 0 Å². The number of rotatable bonds is 6. The maximum absolute atomic E-state index is 12.1. The Morgan fingerprint density at radius 1 is 1.08 bits per heavy atom. The number of hydrogen-bond acceptors (Lipinski definition) is 4. The highest BCUT2D eigenvalue weighted by atomic mass is 32.2. The molecule has 1 aliphatic rings. The second-order valence-corrected chi connectivity index (χ2v) is 7.38. The van der Waals surface area contributed by atoms with Gasteiger partial charge in [0.2, 0.25) is 5.91 Å². The summed E-state index contributed by atoms with van der Waals surface area (Å²) in [4.78, 5) is 15.3. The number of likely N-dealkylation sites (tertiary alicyclic amines) is 1. The van der Waals surface area contributed by atoms with Crippen LogP contribution < -0.4 is 5.32 Å². The number of carbonyl (C=O) groups excluding carboxylic acids is 1. The smallest absolute Gasteiger partial charge is 0.230 e. The minimum Gasteiger partial charge on any atom is -0.507 e. The highest BCUT2D eigenvalue weighted by Gasteiger charge is 2.20. The van der Waals surface area contributed by atoms with Crippen LogP contribution in [0.2, 0.25) is 0 Å². The summed E-state index contributed by atoms with van der Waals surface area (Å²) in [6, 6.07) is 17.9. The van der Waals surface area contributed by atoms with Crippen molar-refractivity contribution >= 4 is 17.7 Å². The number of phenols is 1. The van der Waals surface area contributed by atoms with Crippen molar-refractivity contribution in [2.45, 2.75) is 30.3 Å². The van der Waals surface area contributed by atoms with E-state index in [0.717, 1.165) is 37.4 Å². The fourth-order valence-corrected chi connectivity index (χ4v) is 3.83. The second-order valence-electron chi connectivity index (χ2n) is 6.36. The van der Waals surface area contributed by atoms with Crippen LogP contribution in [0.15, 0.2) is 59.5 Å². The van der Waals surface area contributed by atoms with Crippen LogP contribution in [0.25, 0.3) is 0 Å². The first-order chi connectivity index (χ1) is 12.2. The Morgan fingerprint density at radius 2 is 1.76 bits per heavy atom. The van der Waals surface area contributed by atoms with E-state index in [0.29, 0.717) is 5.75 Å². The summed E-state index contributed by atoms with van der Waals surface area (Å²) in [5, 5.41) is 12.9. The van der Waals surface area contributed by atoms with E-state index in [9.17, 15) is 9.90 Å². The number of piperidine rings is 1. The number of nitrogens with zero attached hydrogens (tertiary/aromatic N) is 1. The van der Waals surface area contributed by atoms with Crippen molar-refractivity contribution in [1.82, 2.24) is 10.2 Å². The zero-order valence-corrected chi connectivity index (χ0v) is 15.0. The summed E-state index contributed by atoms with van der Waals surface area (Å²) in [6.07, 6.45) is 1.97. The lowest BCUT2D eigenvalue weighted by Crippen LogP contribution is -2.44. The van der Waals surface area contributed by atoms with Crippen molar-refractivity contribution in [2.75, 3.05) is 18.8 Å². The Kier molecular flexibility index (Phi) is 6.36. The Balaban J connectivity index is 1.38. The average molecular weight is 356 g/mol. The number of aromatic hydroxyl groups is 1. The Morgan fingerprint density at radius 3 is 2.48 bits per heavy atom. The molecule has 0 aliphatic carbocycles. The van der Waals surface area contributed by atoms with E-state index < -0.39 is 0 Å². The normalized spacial score (nSPS) is 15.8. The maximum Gasteiger partial charge on any atom is 0.230 e. The number of nitrogens with one attached hydrogen (secondary N) is 1. The van der Waals surface area contributed by atoms with E-state index >= 15 is 0 Å². The van der Waals surface area contributed by atoms with Gasteiger partial charge in [0, 0.05) is 30.6 Å². The molecule has 2 aromatic rings. The third kappa shape index (κ3) is 5.51. The second kappa shape index (κ2) is 8.92. The molecule has 1 fully saturated rings. The van der Waals surface area contributed by atoms with Gasteiger partial charge >= 0.3 is 0 Å². The highest BCUT2D eigenvalue weighted by molar-refractivity contribution is 8.00. The van der Waals surface area contributed by atoms with Crippen LogP contribution in [0.1, 0.15) is 18.4 Å². The molecule has 2 N–H and O–H groups in total. The molecule has 1 amide bonds. The molecule has 1 aliphatic heterocycles. The molecule has 0 spiro atoms. The fraction of sp³-hybridized carbons (Fsp3) is 0.350.